The second-order valence-electron chi connectivity index (χ2n) is 5.60. The molecule has 0 saturated carbocycles. The lowest BCUT2D eigenvalue weighted by molar-refractivity contribution is 0.262. The second kappa shape index (κ2) is 8.83. The van der Waals surface area contributed by atoms with Crippen molar-refractivity contribution in [1.82, 2.24) is 14.9 Å². The highest BCUT2D eigenvalue weighted by molar-refractivity contribution is 5.99. The van der Waals surface area contributed by atoms with Crippen LogP contribution in [0.5, 0.6) is 5.75 Å². The maximum absolute atomic E-state index is 12.2. The summed E-state index contributed by atoms with van der Waals surface area (Å²) in [6.07, 6.45) is 6.42. The van der Waals surface area contributed by atoms with Gasteiger partial charge in [0.1, 0.15) is 5.75 Å². The van der Waals surface area contributed by atoms with E-state index >= 15 is 0 Å². The van der Waals surface area contributed by atoms with E-state index in [9.17, 15) is 4.79 Å². The maximum atomic E-state index is 12.2. The van der Waals surface area contributed by atoms with E-state index in [0.717, 1.165) is 30.6 Å². The summed E-state index contributed by atoms with van der Waals surface area (Å²) >= 11 is 0. The van der Waals surface area contributed by atoms with Gasteiger partial charge in [0.2, 0.25) is 0 Å². The number of methoxy groups -OCH3 is 1. The van der Waals surface area contributed by atoms with Crippen molar-refractivity contribution in [2.45, 2.75) is 12.8 Å². The molecule has 2 rings (SSSR count). The molecule has 0 aliphatic carbocycles. The molecule has 0 spiro atoms. The SMILES string of the molecule is COc1ccc(CCCN(C)C)c(NC(=O)Nc2cnccn2)c1. The van der Waals surface area contributed by atoms with Crippen LogP contribution < -0.4 is 15.4 Å². The minimum Gasteiger partial charge on any atom is -0.497 e. The number of hydrogen-bond acceptors (Lipinski definition) is 5. The Morgan fingerprint density at radius 2 is 2.08 bits per heavy atom. The normalized spacial score (nSPS) is 10.5. The van der Waals surface area contributed by atoms with Crippen LogP contribution in [0, 0.1) is 0 Å². The highest BCUT2D eigenvalue weighted by Crippen LogP contribution is 2.24. The summed E-state index contributed by atoms with van der Waals surface area (Å²) in [6.45, 7) is 0.983. The number of anilines is 2. The summed E-state index contributed by atoms with van der Waals surface area (Å²) in [4.78, 5) is 22.3. The van der Waals surface area contributed by atoms with Crippen molar-refractivity contribution >= 4 is 17.5 Å². The lowest BCUT2D eigenvalue weighted by atomic mass is 10.1. The van der Waals surface area contributed by atoms with Crippen molar-refractivity contribution in [2.24, 2.45) is 0 Å². The number of nitrogens with zero attached hydrogens (tertiary/aromatic N) is 3. The van der Waals surface area contributed by atoms with Crippen LogP contribution in [0.25, 0.3) is 0 Å². The lowest BCUT2D eigenvalue weighted by Crippen LogP contribution is -2.21. The van der Waals surface area contributed by atoms with E-state index < -0.39 is 0 Å². The first-order valence-corrected chi connectivity index (χ1v) is 7.74. The first kappa shape index (κ1) is 17.7. The number of nitrogens with one attached hydrogen (secondary N) is 2. The summed E-state index contributed by atoms with van der Waals surface area (Å²) in [7, 11) is 5.69. The molecule has 0 atom stereocenters. The molecule has 2 N–H and O–H groups in total. The van der Waals surface area contributed by atoms with E-state index in [1.54, 1.807) is 13.3 Å². The molecule has 24 heavy (non-hydrogen) atoms. The van der Waals surface area contributed by atoms with Gasteiger partial charge in [0.15, 0.2) is 5.82 Å². The van der Waals surface area contributed by atoms with Gasteiger partial charge >= 0.3 is 6.03 Å². The molecule has 0 bridgehead atoms. The smallest absolute Gasteiger partial charge is 0.324 e. The Labute approximate surface area is 142 Å². The number of carbonyl (C=O) groups is 1. The molecule has 0 aliphatic heterocycles. The van der Waals surface area contributed by atoms with Gasteiger partial charge in [0, 0.05) is 24.1 Å². The van der Waals surface area contributed by atoms with Crippen molar-refractivity contribution in [3.8, 4) is 5.75 Å². The topological polar surface area (TPSA) is 79.4 Å². The molecule has 0 saturated heterocycles. The Balaban J connectivity index is 2.06. The average Bonchev–Trinajstić information content (AvgIpc) is 2.56. The zero-order chi connectivity index (χ0) is 17.4. The van der Waals surface area contributed by atoms with Crippen LogP contribution >= 0.6 is 0 Å². The predicted molar refractivity (Wildman–Crippen MR) is 94.5 cm³/mol. The molecule has 0 radical (unpaired) electrons. The Kier molecular flexibility index (Phi) is 6.51. The van der Waals surface area contributed by atoms with Gasteiger partial charge in [0.25, 0.3) is 0 Å². The van der Waals surface area contributed by atoms with Crippen LogP contribution in [-0.4, -0.2) is 48.6 Å². The maximum Gasteiger partial charge on any atom is 0.324 e. The Bertz CT molecular complexity index is 661. The molecule has 0 unspecified atom stereocenters. The van der Waals surface area contributed by atoms with Crippen LogP contribution in [0.2, 0.25) is 0 Å². The fourth-order valence-electron chi connectivity index (χ4n) is 2.24. The van der Waals surface area contributed by atoms with Crippen molar-refractivity contribution in [1.29, 1.82) is 0 Å². The quantitative estimate of drug-likeness (QED) is 0.816. The molecular weight excluding hydrogens is 306 g/mol. The van der Waals surface area contributed by atoms with Gasteiger partial charge in [-0.3, -0.25) is 10.3 Å². The van der Waals surface area contributed by atoms with Gasteiger partial charge < -0.3 is 15.0 Å². The fourth-order valence-corrected chi connectivity index (χ4v) is 2.24. The van der Waals surface area contributed by atoms with E-state index in [1.165, 1.54) is 12.4 Å². The van der Waals surface area contributed by atoms with Crippen LogP contribution in [0.15, 0.2) is 36.8 Å². The Morgan fingerprint density at radius 1 is 1.25 bits per heavy atom. The number of amides is 2. The standard InChI is InChI=1S/C17H23N5O2/c1-22(2)10-4-5-13-6-7-14(24-3)11-15(13)20-17(23)21-16-12-18-8-9-19-16/h6-9,11-12H,4-5,10H2,1-3H3,(H2,19,20,21,23). The van der Waals surface area contributed by atoms with Crippen molar-refractivity contribution in [3.63, 3.8) is 0 Å². The molecule has 0 aliphatic rings. The van der Waals surface area contributed by atoms with Gasteiger partial charge in [-0.05, 0) is 45.1 Å². The van der Waals surface area contributed by atoms with Gasteiger partial charge in [0.05, 0.1) is 13.3 Å². The summed E-state index contributed by atoms with van der Waals surface area (Å²) in [5, 5.41) is 5.52. The number of carbonyl (C=O) groups excluding carboxylic acids is 1. The van der Waals surface area contributed by atoms with Crippen molar-refractivity contribution < 1.29 is 9.53 Å². The number of ether oxygens (including phenoxy) is 1. The molecule has 7 heteroatoms. The molecule has 128 valence electrons. The average molecular weight is 329 g/mol. The first-order chi connectivity index (χ1) is 11.6. The number of rotatable bonds is 7. The second-order valence-corrected chi connectivity index (χ2v) is 5.60. The largest absolute Gasteiger partial charge is 0.497 e. The number of urea groups is 1. The molecule has 7 nitrogen and oxygen atoms in total. The fraction of sp³-hybridized carbons (Fsp3) is 0.353. The Morgan fingerprint density at radius 3 is 2.75 bits per heavy atom. The number of benzene rings is 1. The molecule has 1 heterocycles. The molecule has 0 fully saturated rings. The summed E-state index contributed by atoms with van der Waals surface area (Å²) in [5.41, 5.74) is 1.79. The predicted octanol–water partition coefficient (Wildman–Crippen LogP) is 2.62. The summed E-state index contributed by atoms with van der Waals surface area (Å²) < 4.78 is 5.25. The molecule has 2 aromatic rings. The van der Waals surface area contributed by atoms with Gasteiger partial charge in [-0.15, -0.1) is 0 Å². The lowest BCUT2D eigenvalue weighted by Gasteiger charge is -2.14. The third-order valence-electron chi connectivity index (χ3n) is 3.42. The first-order valence-electron chi connectivity index (χ1n) is 7.74. The van der Waals surface area contributed by atoms with Crippen LogP contribution in [0.1, 0.15) is 12.0 Å². The van der Waals surface area contributed by atoms with E-state index in [1.807, 2.05) is 32.3 Å². The highest BCUT2D eigenvalue weighted by atomic mass is 16.5. The summed E-state index contributed by atoms with van der Waals surface area (Å²) in [5.74, 6) is 1.09. The van der Waals surface area contributed by atoms with Gasteiger partial charge in [-0.1, -0.05) is 6.07 Å². The van der Waals surface area contributed by atoms with Gasteiger partial charge in [-0.25, -0.2) is 9.78 Å². The third kappa shape index (κ3) is 5.51. The van der Waals surface area contributed by atoms with E-state index in [0.29, 0.717) is 11.6 Å². The minimum absolute atomic E-state index is 0.363. The Hall–Kier alpha value is -2.67. The van der Waals surface area contributed by atoms with E-state index in [4.69, 9.17) is 4.74 Å². The minimum atomic E-state index is -0.363. The zero-order valence-corrected chi connectivity index (χ0v) is 14.2. The van der Waals surface area contributed by atoms with E-state index in [2.05, 4.69) is 25.5 Å². The van der Waals surface area contributed by atoms with Crippen molar-refractivity contribution in [2.75, 3.05) is 38.4 Å². The molecule has 1 aromatic carbocycles. The molecule has 1 aromatic heterocycles. The van der Waals surface area contributed by atoms with Crippen LogP contribution in [0.4, 0.5) is 16.3 Å². The number of aromatic nitrogens is 2. The van der Waals surface area contributed by atoms with E-state index in [-0.39, 0.29) is 6.03 Å². The molecular formula is C17H23N5O2. The zero-order valence-electron chi connectivity index (χ0n) is 14.2. The van der Waals surface area contributed by atoms with Crippen LogP contribution in [-0.2, 0) is 6.42 Å². The van der Waals surface area contributed by atoms with Gasteiger partial charge in [-0.2, -0.15) is 0 Å². The highest BCUT2D eigenvalue weighted by Gasteiger charge is 2.09. The third-order valence-corrected chi connectivity index (χ3v) is 3.42. The van der Waals surface area contributed by atoms with Crippen LogP contribution in [0.3, 0.4) is 0 Å². The van der Waals surface area contributed by atoms with Crippen molar-refractivity contribution in [3.05, 3.63) is 42.4 Å². The summed E-state index contributed by atoms with van der Waals surface area (Å²) in [6, 6.07) is 5.34. The number of aryl methyl sites for hydroxylation is 1. The molecule has 2 amide bonds. The number of hydrogen-bond donors (Lipinski definition) is 2. The monoisotopic (exact) mass is 329 g/mol.